The first-order valence-electron chi connectivity index (χ1n) is 6.92. The van der Waals surface area contributed by atoms with Crippen molar-refractivity contribution in [3.63, 3.8) is 0 Å². The molecule has 2 saturated heterocycles. The first-order valence-corrected chi connectivity index (χ1v) is 6.92. The molecule has 2 heterocycles. The van der Waals surface area contributed by atoms with Crippen molar-refractivity contribution in [2.75, 3.05) is 32.9 Å². The minimum Gasteiger partial charge on any atom is -0.378 e. The van der Waals surface area contributed by atoms with Gasteiger partial charge in [-0.25, -0.2) is 0 Å². The highest BCUT2D eigenvalue weighted by Crippen LogP contribution is 2.38. The minimum atomic E-state index is -0.389. The van der Waals surface area contributed by atoms with Gasteiger partial charge < -0.3 is 19.1 Å². The van der Waals surface area contributed by atoms with Gasteiger partial charge in [-0.2, -0.15) is 0 Å². The predicted octanol–water partition coefficient (Wildman–Crippen LogP) is 0.777. The molecule has 3 fully saturated rings. The molecule has 2 aliphatic heterocycles. The highest BCUT2D eigenvalue weighted by molar-refractivity contribution is 5.82. The zero-order valence-corrected chi connectivity index (χ0v) is 10.9. The van der Waals surface area contributed by atoms with Gasteiger partial charge in [0.15, 0.2) is 5.79 Å². The van der Waals surface area contributed by atoms with Crippen molar-refractivity contribution >= 4 is 5.91 Å². The summed E-state index contributed by atoms with van der Waals surface area (Å²) in [6.45, 7) is 5.52. The molecule has 2 atom stereocenters. The number of ether oxygens (including phenoxy) is 3. The average Bonchev–Trinajstić information content (AvgIpc) is 3.02. The van der Waals surface area contributed by atoms with Crippen LogP contribution in [0.15, 0.2) is 0 Å². The number of likely N-dealkylation sites (tertiary alicyclic amines) is 1. The summed E-state index contributed by atoms with van der Waals surface area (Å²) < 4.78 is 16.8. The molecule has 0 aromatic rings. The summed E-state index contributed by atoms with van der Waals surface area (Å²) >= 11 is 0. The van der Waals surface area contributed by atoms with Gasteiger partial charge in [0.25, 0.3) is 0 Å². The SMILES string of the molecule is CCOC1CC1C(=O)N1CCC2(CC1)OCCO2. The monoisotopic (exact) mass is 255 g/mol. The number of hydrogen-bond donors (Lipinski definition) is 0. The quantitative estimate of drug-likeness (QED) is 0.747. The second kappa shape index (κ2) is 4.79. The van der Waals surface area contributed by atoms with Crippen molar-refractivity contribution in [2.45, 2.75) is 38.1 Å². The Bertz CT molecular complexity index is 317. The van der Waals surface area contributed by atoms with E-state index in [1.807, 2.05) is 11.8 Å². The smallest absolute Gasteiger partial charge is 0.228 e. The lowest BCUT2D eigenvalue weighted by atomic mass is 10.0. The maximum absolute atomic E-state index is 12.2. The van der Waals surface area contributed by atoms with Crippen molar-refractivity contribution < 1.29 is 19.0 Å². The molecule has 0 N–H and O–H groups in total. The fourth-order valence-electron chi connectivity index (χ4n) is 2.92. The summed E-state index contributed by atoms with van der Waals surface area (Å²) in [6.07, 6.45) is 2.65. The van der Waals surface area contributed by atoms with Crippen LogP contribution in [0.4, 0.5) is 0 Å². The fourth-order valence-corrected chi connectivity index (χ4v) is 2.92. The predicted molar refractivity (Wildman–Crippen MR) is 64.0 cm³/mol. The van der Waals surface area contributed by atoms with Crippen molar-refractivity contribution in [1.29, 1.82) is 0 Å². The van der Waals surface area contributed by atoms with E-state index in [-0.39, 0.29) is 23.7 Å². The van der Waals surface area contributed by atoms with Crippen LogP contribution in [-0.4, -0.2) is 55.6 Å². The Morgan fingerprint density at radius 3 is 2.61 bits per heavy atom. The van der Waals surface area contributed by atoms with Crippen LogP contribution in [0.1, 0.15) is 26.2 Å². The molecule has 0 aromatic heterocycles. The average molecular weight is 255 g/mol. The van der Waals surface area contributed by atoms with Crippen LogP contribution >= 0.6 is 0 Å². The van der Waals surface area contributed by atoms with Gasteiger partial charge in [-0.05, 0) is 13.3 Å². The van der Waals surface area contributed by atoms with Gasteiger partial charge in [-0.3, -0.25) is 4.79 Å². The van der Waals surface area contributed by atoms with Crippen LogP contribution in [0.3, 0.4) is 0 Å². The van der Waals surface area contributed by atoms with E-state index >= 15 is 0 Å². The molecule has 5 heteroatoms. The fraction of sp³-hybridized carbons (Fsp3) is 0.923. The number of hydrogen-bond acceptors (Lipinski definition) is 4. The van der Waals surface area contributed by atoms with Crippen molar-refractivity contribution in [1.82, 2.24) is 4.90 Å². The van der Waals surface area contributed by atoms with Crippen LogP contribution in [0.2, 0.25) is 0 Å². The Labute approximate surface area is 107 Å². The first kappa shape index (κ1) is 12.4. The lowest BCUT2D eigenvalue weighted by Gasteiger charge is -2.37. The standard InChI is InChI=1S/C13H21NO4/c1-2-16-11-9-10(11)12(15)14-5-3-13(4-6-14)17-7-8-18-13/h10-11H,2-9H2,1H3. The van der Waals surface area contributed by atoms with Gasteiger partial charge >= 0.3 is 0 Å². The molecule has 5 nitrogen and oxygen atoms in total. The molecule has 0 bridgehead atoms. The van der Waals surface area contributed by atoms with E-state index in [0.717, 1.165) is 32.4 Å². The minimum absolute atomic E-state index is 0.101. The maximum atomic E-state index is 12.2. The van der Waals surface area contributed by atoms with Crippen LogP contribution < -0.4 is 0 Å². The van der Waals surface area contributed by atoms with E-state index in [1.54, 1.807) is 0 Å². The van der Waals surface area contributed by atoms with Crippen LogP contribution in [0.5, 0.6) is 0 Å². The Morgan fingerprint density at radius 1 is 1.33 bits per heavy atom. The molecule has 1 saturated carbocycles. The molecular weight excluding hydrogens is 234 g/mol. The normalized spacial score (nSPS) is 33.9. The van der Waals surface area contributed by atoms with Crippen LogP contribution in [0.25, 0.3) is 0 Å². The van der Waals surface area contributed by atoms with E-state index in [0.29, 0.717) is 19.8 Å². The van der Waals surface area contributed by atoms with E-state index in [1.165, 1.54) is 0 Å². The maximum Gasteiger partial charge on any atom is 0.228 e. The van der Waals surface area contributed by atoms with Gasteiger partial charge in [-0.1, -0.05) is 0 Å². The summed E-state index contributed by atoms with van der Waals surface area (Å²) in [4.78, 5) is 14.2. The van der Waals surface area contributed by atoms with Crippen LogP contribution in [-0.2, 0) is 19.0 Å². The lowest BCUT2D eigenvalue weighted by Crippen LogP contribution is -2.48. The summed E-state index contributed by atoms with van der Waals surface area (Å²) in [6, 6.07) is 0. The van der Waals surface area contributed by atoms with Crippen molar-refractivity contribution in [3.05, 3.63) is 0 Å². The number of piperidine rings is 1. The molecule has 2 unspecified atom stereocenters. The van der Waals surface area contributed by atoms with Gasteiger partial charge in [-0.15, -0.1) is 0 Å². The van der Waals surface area contributed by atoms with Crippen molar-refractivity contribution in [3.8, 4) is 0 Å². The van der Waals surface area contributed by atoms with Gasteiger partial charge in [0.05, 0.1) is 25.2 Å². The number of nitrogens with zero attached hydrogens (tertiary/aromatic N) is 1. The molecule has 18 heavy (non-hydrogen) atoms. The molecule has 1 amide bonds. The number of carbonyl (C=O) groups is 1. The molecule has 3 aliphatic rings. The second-order valence-electron chi connectivity index (χ2n) is 5.27. The summed E-state index contributed by atoms with van der Waals surface area (Å²) in [5.74, 6) is -0.0367. The Hall–Kier alpha value is -0.650. The third kappa shape index (κ3) is 2.27. The van der Waals surface area contributed by atoms with Gasteiger partial charge in [0.1, 0.15) is 0 Å². The van der Waals surface area contributed by atoms with Gasteiger partial charge in [0, 0.05) is 32.5 Å². The zero-order valence-electron chi connectivity index (χ0n) is 10.9. The summed E-state index contributed by atoms with van der Waals surface area (Å²) in [5.41, 5.74) is 0. The van der Waals surface area contributed by atoms with Gasteiger partial charge in [0.2, 0.25) is 5.91 Å². The second-order valence-corrected chi connectivity index (χ2v) is 5.27. The molecule has 1 spiro atoms. The third-order valence-electron chi connectivity index (χ3n) is 4.08. The lowest BCUT2D eigenvalue weighted by molar-refractivity contribution is -0.187. The molecule has 102 valence electrons. The number of carbonyl (C=O) groups excluding carboxylic acids is 1. The van der Waals surface area contributed by atoms with Crippen molar-refractivity contribution in [2.24, 2.45) is 5.92 Å². The van der Waals surface area contributed by atoms with E-state index in [4.69, 9.17) is 14.2 Å². The number of amides is 1. The van der Waals surface area contributed by atoms with E-state index in [9.17, 15) is 4.79 Å². The highest BCUT2D eigenvalue weighted by atomic mass is 16.7. The Balaban J connectivity index is 1.49. The molecular formula is C13H21NO4. The van der Waals surface area contributed by atoms with E-state index in [2.05, 4.69) is 0 Å². The largest absolute Gasteiger partial charge is 0.378 e. The first-order chi connectivity index (χ1) is 8.74. The van der Waals surface area contributed by atoms with E-state index < -0.39 is 0 Å². The highest BCUT2D eigenvalue weighted by Gasteiger charge is 2.48. The molecule has 0 radical (unpaired) electrons. The van der Waals surface area contributed by atoms with Crippen LogP contribution in [0, 0.1) is 5.92 Å². The Morgan fingerprint density at radius 2 is 2.00 bits per heavy atom. The zero-order chi connectivity index (χ0) is 12.6. The Kier molecular flexibility index (Phi) is 3.30. The molecule has 3 rings (SSSR count). The molecule has 1 aliphatic carbocycles. The third-order valence-corrected chi connectivity index (χ3v) is 4.08. The summed E-state index contributed by atoms with van der Waals surface area (Å²) in [7, 11) is 0. The molecule has 0 aromatic carbocycles. The number of rotatable bonds is 3. The summed E-state index contributed by atoms with van der Waals surface area (Å²) in [5, 5.41) is 0. The topological polar surface area (TPSA) is 48.0 Å².